The van der Waals surface area contributed by atoms with Gasteiger partial charge in [-0.25, -0.2) is 0 Å². The molecule has 0 unspecified atom stereocenters. The van der Waals surface area contributed by atoms with Crippen molar-refractivity contribution >= 4 is 11.6 Å². The molecule has 1 amide bonds. The molecule has 2 aromatic carbocycles. The number of fused-ring (bicyclic) bond motifs is 1. The second-order valence-corrected chi connectivity index (χ2v) is 5.77. The molecule has 0 saturated heterocycles. The van der Waals surface area contributed by atoms with Crippen LogP contribution in [0.1, 0.15) is 5.56 Å². The van der Waals surface area contributed by atoms with Crippen LogP contribution in [0.5, 0.6) is 5.75 Å². The Morgan fingerprint density at radius 1 is 1.14 bits per heavy atom. The van der Waals surface area contributed by atoms with E-state index < -0.39 is 0 Å². The van der Waals surface area contributed by atoms with Crippen LogP contribution in [-0.2, 0) is 11.2 Å². The second kappa shape index (κ2) is 6.20. The van der Waals surface area contributed by atoms with Crippen molar-refractivity contribution in [2.75, 3.05) is 32.6 Å². The summed E-state index contributed by atoms with van der Waals surface area (Å²) in [5, 5.41) is 2.84. The number of carbonyl (C=O) groups is 1. The third kappa shape index (κ3) is 3.12. The molecule has 1 aliphatic rings. The number of likely N-dealkylation sites (N-methyl/N-ethyl adjacent to an activating group) is 1. The Hall–Kier alpha value is -2.33. The molecular weight excluding hydrogens is 276 g/mol. The molecule has 4 heteroatoms. The zero-order valence-corrected chi connectivity index (χ0v) is 12.9. The van der Waals surface area contributed by atoms with E-state index in [1.165, 1.54) is 5.56 Å². The first-order chi connectivity index (χ1) is 10.6. The monoisotopic (exact) mass is 296 g/mol. The highest BCUT2D eigenvalue weighted by Crippen LogP contribution is 2.38. The molecule has 0 saturated carbocycles. The Bertz CT molecular complexity index is 678. The van der Waals surface area contributed by atoms with Gasteiger partial charge in [-0.1, -0.05) is 36.4 Å². The fourth-order valence-corrected chi connectivity index (χ4v) is 2.55. The molecule has 2 aromatic rings. The highest BCUT2D eigenvalue weighted by Gasteiger charge is 2.19. The van der Waals surface area contributed by atoms with Crippen molar-refractivity contribution in [1.82, 2.24) is 4.90 Å². The summed E-state index contributed by atoms with van der Waals surface area (Å²) >= 11 is 0. The molecule has 0 bridgehead atoms. The van der Waals surface area contributed by atoms with Crippen LogP contribution >= 0.6 is 0 Å². The number of amides is 1. The molecule has 1 heterocycles. The third-order valence-electron chi connectivity index (χ3n) is 3.75. The Labute approximate surface area is 130 Å². The van der Waals surface area contributed by atoms with Gasteiger partial charge in [0.05, 0.1) is 5.69 Å². The Balaban J connectivity index is 1.85. The summed E-state index contributed by atoms with van der Waals surface area (Å²) < 4.78 is 5.61. The van der Waals surface area contributed by atoms with Crippen molar-refractivity contribution in [3.8, 4) is 16.9 Å². The normalized spacial score (nSPS) is 13.5. The molecule has 0 aromatic heterocycles. The summed E-state index contributed by atoms with van der Waals surface area (Å²) in [6.07, 6.45) is 1.03. The molecule has 0 radical (unpaired) electrons. The van der Waals surface area contributed by atoms with E-state index in [0.717, 1.165) is 35.5 Å². The summed E-state index contributed by atoms with van der Waals surface area (Å²) in [5.74, 6) is 0.645. The number of hydrogen-bond acceptors (Lipinski definition) is 3. The average Bonchev–Trinajstić information content (AvgIpc) is 2.52. The smallest absolute Gasteiger partial charge is 0.262 e. The lowest BCUT2D eigenvalue weighted by Gasteiger charge is -2.20. The zero-order valence-electron chi connectivity index (χ0n) is 12.9. The van der Waals surface area contributed by atoms with E-state index in [-0.39, 0.29) is 12.5 Å². The van der Waals surface area contributed by atoms with Crippen molar-refractivity contribution in [1.29, 1.82) is 0 Å². The lowest BCUT2D eigenvalue weighted by Crippen LogP contribution is -2.25. The van der Waals surface area contributed by atoms with Crippen molar-refractivity contribution in [2.24, 2.45) is 0 Å². The Kier molecular flexibility index (Phi) is 4.11. The van der Waals surface area contributed by atoms with E-state index >= 15 is 0 Å². The predicted molar refractivity (Wildman–Crippen MR) is 88.3 cm³/mol. The number of carbonyl (C=O) groups excluding carboxylic acids is 1. The molecule has 3 rings (SSSR count). The van der Waals surface area contributed by atoms with Gasteiger partial charge in [0.25, 0.3) is 5.91 Å². The molecule has 4 nitrogen and oxygen atoms in total. The van der Waals surface area contributed by atoms with E-state index in [9.17, 15) is 4.79 Å². The highest BCUT2D eigenvalue weighted by atomic mass is 16.5. The molecular formula is C18H20N2O2. The summed E-state index contributed by atoms with van der Waals surface area (Å²) in [6, 6.07) is 14.3. The highest BCUT2D eigenvalue weighted by molar-refractivity contribution is 5.97. The van der Waals surface area contributed by atoms with Crippen LogP contribution in [0.2, 0.25) is 0 Å². The van der Waals surface area contributed by atoms with Crippen LogP contribution < -0.4 is 10.1 Å². The molecule has 1 N–H and O–H groups in total. The Morgan fingerprint density at radius 3 is 2.64 bits per heavy atom. The maximum atomic E-state index is 11.4. The molecule has 22 heavy (non-hydrogen) atoms. The maximum Gasteiger partial charge on any atom is 0.262 e. The van der Waals surface area contributed by atoms with Gasteiger partial charge < -0.3 is 15.0 Å². The quantitative estimate of drug-likeness (QED) is 0.943. The van der Waals surface area contributed by atoms with Gasteiger partial charge in [-0.05, 0) is 37.7 Å². The van der Waals surface area contributed by atoms with Crippen molar-refractivity contribution in [3.05, 3.63) is 48.0 Å². The second-order valence-electron chi connectivity index (χ2n) is 5.77. The summed E-state index contributed by atoms with van der Waals surface area (Å²) in [7, 11) is 4.16. The molecule has 0 fully saturated rings. The first-order valence-corrected chi connectivity index (χ1v) is 7.43. The van der Waals surface area contributed by atoms with Gasteiger partial charge in [0.1, 0.15) is 0 Å². The van der Waals surface area contributed by atoms with E-state index in [4.69, 9.17) is 4.74 Å². The number of hydrogen-bond donors (Lipinski definition) is 1. The molecule has 0 spiro atoms. The van der Waals surface area contributed by atoms with Crippen LogP contribution in [0.25, 0.3) is 11.1 Å². The topological polar surface area (TPSA) is 41.6 Å². The number of para-hydroxylation sites is 1. The maximum absolute atomic E-state index is 11.4. The van der Waals surface area contributed by atoms with Crippen molar-refractivity contribution in [2.45, 2.75) is 6.42 Å². The fourth-order valence-electron chi connectivity index (χ4n) is 2.55. The molecule has 0 aliphatic carbocycles. The van der Waals surface area contributed by atoms with Crippen molar-refractivity contribution in [3.63, 3.8) is 0 Å². The summed E-state index contributed by atoms with van der Waals surface area (Å²) in [5.41, 5.74) is 4.17. The van der Waals surface area contributed by atoms with Gasteiger partial charge in [0.2, 0.25) is 0 Å². The van der Waals surface area contributed by atoms with E-state index in [2.05, 4.69) is 48.6 Å². The zero-order chi connectivity index (χ0) is 15.5. The predicted octanol–water partition coefficient (Wildman–Crippen LogP) is 2.79. The van der Waals surface area contributed by atoms with E-state index in [1.807, 2.05) is 18.2 Å². The SMILES string of the molecule is CN(C)CCc1ccc(-c2cccc3c2OCC(=O)N3)cc1. The summed E-state index contributed by atoms with van der Waals surface area (Å²) in [4.78, 5) is 13.6. The molecule has 0 atom stereocenters. The van der Waals surface area contributed by atoms with Gasteiger partial charge in [-0.3, -0.25) is 4.79 Å². The van der Waals surface area contributed by atoms with E-state index in [0.29, 0.717) is 0 Å². The van der Waals surface area contributed by atoms with Gasteiger partial charge in [0.15, 0.2) is 12.4 Å². The average molecular weight is 296 g/mol. The van der Waals surface area contributed by atoms with Crippen LogP contribution in [-0.4, -0.2) is 38.1 Å². The van der Waals surface area contributed by atoms with Gasteiger partial charge in [-0.15, -0.1) is 0 Å². The first-order valence-electron chi connectivity index (χ1n) is 7.43. The van der Waals surface area contributed by atoms with Crippen molar-refractivity contribution < 1.29 is 9.53 Å². The third-order valence-corrected chi connectivity index (χ3v) is 3.75. The van der Waals surface area contributed by atoms with Gasteiger partial charge in [-0.2, -0.15) is 0 Å². The number of nitrogens with one attached hydrogen (secondary N) is 1. The standard InChI is InChI=1S/C18H20N2O2/c1-20(2)11-10-13-6-8-14(9-7-13)15-4-3-5-16-18(15)22-12-17(21)19-16/h3-9H,10-12H2,1-2H3,(H,19,21). The lowest BCUT2D eigenvalue weighted by molar-refractivity contribution is -0.118. The van der Waals surface area contributed by atoms with Gasteiger partial charge >= 0.3 is 0 Å². The van der Waals surface area contributed by atoms with Crippen LogP contribution in [0, 0.1) is 0 Å². The molecule has 1 aliphatic heterocycles. The number of nitrogens with zero attached hydrogens (tertiary/aromatic N) is 1. The van der Waals surface area contributed by atoms with Crippen LogP contribution in [0.15, 0.2) is 42.5 Å². The van der Waals surface area contributed by atoms with Gasteiger partial charge in [0, 0.05) is 12.1 Å². The number of ether oxygens (including phenoxy) is 1. The lowest BCUT2D eigenvalue weighted by atomic mass is 10.0. The first kappa shape index (κ1) is 14.6. The number of rotatable bonds is 4. The molecule has 114 valence electrons. The minimum Gasteiger partial charge on any atom is -0.481 e. The fraction of sp³-hybridized carbons (Fsp3) is 0.278. The minimum atomic E-state index is -0.108. The van der Waals surface area contributed by atoms with Crippen LogP contribution in [0.3, 0.4) is 0 Å². The number of anilines is 1. The van der Waals surface area contributed by atoms with Crippen LogP contribution in [0.4, 0.5) is 5.69 Å². The Morgan fingerprint density at radius 2 is 1.91 bits per heavy atom. The summed E-state index contributed by atoms with van der Waals surface area (Å²) in [6.45, 7) is 1.11. The number of benzene rings is 2. The van der Waals surface area contributed by atoms with E-state index in [1.54, 1.807) is 0 Å². The largest absolute Gasteiger partial charge is 0.481 e. The minimum absolute atomic E-state index is 0.0743.